The fourth-order valence-electron chi connectivity index (χ4n) is 9.20. The second kappa shape index (κ2) is 21.5. The molecule has 2 atom stereocenters. The molecule has 0 aliphatic heterocycles. The molecule has 0 spiro atoms. The Morgan fingerprint density at radius 1 is 0.500 bits per heavy atom. The third-order valence-electron chi connectivity index (χ3n) is 12.4. The molecule has 0 amide bonds. The minimum absolute atomic E-state index is 0.00106. The molecule has 0 aromatic carbocycles. The molecular weight excluding hydrogens is 632 g/mol. The minimum Gasteiger partial charge on any atom is -0.465 e. The molecule has 5 aliphatic carbocycles. The maximum Gasteiger partial charge on any atom is 0.324 e. The molecule has 0 radical (unpaired) electrons. The third kappa shape index (κ3) is 13.9. The van der Waals surface area contributed by atoms with Gasteiger partial charge in [-0.3, -0.25) is 19.2 Å². The van der Waals surface area contributed by atoms with Crippen molar-refractivity contribution >= 4 is 23.7 Å². The van der Waals surface area contributed by atoms with E-state index >= 15 is 0 Å². The van der Waals surface area contributed by atoms with E-state index in [0.29, 0.717) is 30.9 Å². The van der Waals surface area contributed by atoms with E-state index in [4.69, 9.17) is 14.2 Å². The summed E-state index contributed by atoms with van der Waals surface area (Å²) in [6.45, 7) is 0.385. The summed E-state index contributed by atoms with van der Waals surface area (Å²) in [5.74, 6) is 0.0695. The number of carbonyl (C=O) groups is 4. The second-order valence-electron chi connectivity index (χ2n) is 16.6. The molecular formula is C41H68N2O7. The second-order valence-corrected chi connectivity index (χ2v) is 16.6. The van der Waals surface area contributed by atoms with Crippen LogP contribution in [0.4, 0.5) is 0 Å². The van der Waals surface area contributed by atoms with Gasteiger partial charge in [-0.25, -0.2) is 0 Å². The van der Waals surface area contributed by atoms with Gasteiger partial charge in [0.05, 0.1) is 13.0 Å². The van der Waals surface area contributed by atoms with Gasteiger partial charge in [-0.2, -0.15) is 0 Å². The van der Waals surface area contributed by atoms with E-state index in [1.54, 1.807) is 0 Å². The zero-order chi connectivity index (χ0) is 35.0. The number of ether oxygens (including phenoxy) is 3. The number of rotatable bonds is 17. The Bertz CT molecular complexity index is 954. The van der Waals surface area contributed by atoms with Crippen molar-refractivity contribution in [2.45, 2.75) is 216 Å². The molecule has 9 heteroatoms. The molecule has 0 bridgehead atoms. The number of hydrogen-bond acceptors (Lipinski definition) is 9. The molecule has 9 nitrogen and oxygen atoms in total. The average molecular weight is 701 g/mol. The normalized spacial score (nSPS) is 26.1. The Labute approximate surface area is 301 Å². The van der Waals surface area contributed by atoms with Gasteiger partial charge < -0.3 is 24.8 Å². The molecule has 284 valence electrons. The van der Waals surface area contributed by atoms with Gasteiger partial charge in [0.15, 0.2) is 0 Å². The zero-order valence-electron chi connectivity index (χ0n) is 31.0. The van der Waals surface area contributed by atoms with Crippen LogP contribution in [0.25, 0.3) is 0 Å². The predicted molar refractivity (Wildman–Crippen MR) is 193 cm³/mol. The smallest absolute Gasteiger partial charge is 0.324 e. The van der Waals surface area contributed by atoms with Crippen LogP contribution < -0.4 is 10.6 Å². The van der Waals surface area contributed by atoms with Crippen molar-refractivity contribution in [1.29, 1.82) is 0 Å². The Kier molecular flexibility index (Phi) is 16.9. The van der Waals surface area contributed by atoms with Gasteiger partial charge in [-0.1, -0.05) is 64.2 Å². The first kappa shape index (κ1) is 39.2. The van der Waals surface area contributed by atoms with Gasteiger partial charge in [0.1, 0.15) is 30.1 Å². The lowest BCUT2D eigenvalue weighted by Gasteiger charge is -2.30. The quantitative estimate of drug-likeness (QED) is 0.116. The van der Waals surface area contributed by atoms with Crippen molar-refractivity contribution in [2.24, 2.45) is 11.8 Å². The fourth-order valence-corrected chi connectivity index (χ4v) is 9.20. The summed E-state index contributed by atoms with van der Waals surface area (Å²) >= 11 is 0. The maximum absolute atomic E-state index is 13.2. The van der Waals surface area contributed by atoms with Crippen molar-refractivity contribution in [3.63, 3.8) is 0 Å². The highest BCUT2D eigenvalue weighted by atomic mass is 16.6. The van der Waals surface area contributed by atoms with Crippen molar-refractivity contribution in [1.82, 2.24) is 10.6 Å². The average Bonchev–Trinajstić information content (AvgIpc) is 3.14. The van der Waals surface area contributed by atoms with Crippen LogP contribution in [0.3, 0.4) is 0 Å². The van der Waals surface area contributed by atoms with E-state index in [-0.39, 0.29) is 54.8 Å². The fraction of sp³-hybridized carbons (Fsp3) is 0.902. The Hall–Kier alpha value is -2.00. The van der Waals surface area contributed by atoms with Crippen LogP contribution in [0.2, 0.25) is 0 Å². The van der Waals surface area contributed by atoms with Gasteiger partial charge >= 0.3 is 17.9 Å². The predicted octanol–water partition coefficient (Wildman–Crippen LogP) is 7.80. The summed E-state index contributed by atoms with van der Waals surface area (Å²) in [6.07, 6.45) is 27.3. The lowest BCUT2D eigenvalue weighted by Crippen LogP contribution is -2.47. The first-order valence-electron chi connectivity index (χ1n) is 21.0. The summed E-state index contributed by atoms with van der Waals surface area (Å²) in [5.41, 5.74) is 0. The molecule has 0 saturated heterocycles. The van der Waals surface area contributed by atoms with Crippen molar-refractivity contribution in [2.75, 3.05) is 6.61 Å². The minimum atomic E-state index is -0.646. The summed E-state index contributed by atoms with van der Waals surface area (Å²) in [6, 6.07) is -0.645. The number of nitrogens with one attached hydrogen (secondary N) is 2. The Balaban J connectivity index is 1.01. The topological polar surface area (TPSA) is 120 Å². The molecule has 5 rings (SSSR count). The van der Waals surface area contributed by atoms with Gasteiger partial charge in [0, 0.05) is 24.9 Å². The molecule has 5 saturated carbocycles. The number of hydrogen-bond donors (Lipinski definition) is 2. The van der Waals surface area contributed by atoms with Gasteiger partial charge in [0.2, 0.25) is 0 Å². The lowest BCUT2D eigenvalue weighted by molar-refractivity contribution is -0.158. The highest BCUT2D eigenvalue weighted by molar-refractivity contribution is 5.86. The molecule has 0 heterocycles. The molecule has 0 aromatic rings. The number of esters is 3. The van der Waals surface area contributed by atoms with E-state index in [1.807, 2.05) is 0 Å². The van der Waals surface area contributed by atoms with E-state index in [2.05, 4.69) is 10.6 Å². The van der Waals surface area contributed by atoms with E-state index in [0.717, 1.165) is 122 Å². The van der Waals surface area contributed by atoms with Crippen LogP contribution in [0.1, 0.15) is 180 Å². The highest BCUT2D eigenvalue weighted by Gasteiger charge is 2.32. The number of ketones is 1. The van der Waals surface area contributed by atoms with Crippen LogP contribution in [-0.4, -0.2) is 66.7 Å². The van der Waals surface area contributed by atoms with Crippen LogP contribution in [0, 0.1) is 11.8 Å². The molecule has 5 fully saturated rings. The van der Waals surface area contributed by atoms with Gasteiger partial charge in [-0.15, -0.1) is 0 Å². The number of carbonyl (C=O) groups excluding carboxylic acids is 4. The SMILES string of the molecule is O=C(CCC1CCC(COC(=O)CC(NC2CCCCC2)C(=O)OC2CCCCC2)CC1)CC(NC1CCCCC1)C(=O)OC1CCCCC1. The highest BCUT2D eigenvalue weighted by Crippen LogP contribution is 2.32. The van der Waals surface area contributed by atoms with Crippen molar-refractivity contribution in [3.05, 3.63) is 0 Å². The first-order valence-corrected chi connectivity index (χ1v) is 21.0. The van der Waals surface area contributed by atoms with Gasteiger partial charge in [-0.05, 0) is 108 Å². The maximum atomic E-state index is 13.2. The zero-order valence-corrected chi connectivity index (χ0v) is 31.0. The lowest BCUT2D eigenvalue weighted by atomic mass is 9.80. The summed E-state index contributed by atoms with van der Waals surface area (Å²) < 4.78 is 17.6. The molecule has 2 N–H and O–H groups in total. The standard InChI is InChI=1S/C41H68N2O7/c44-34(27-37(42-32-13-5-1-6-14-32)40(46)49-35-17-9-3-10-18-35)26-25-30-21-23-31(24-22-30)29-48-39(45)28-38(43-33-15-7-2-8-16-33)41(47)50-36-19-11-4-12-20-36/h30-33,35-38,42-43H,1-29H2. The summed E-state index contributed by atoms with van der Waals surface area (Å²) in [5, 5.41) is 7.00. The molecule has 2 unspecified atom stereocenters. The van der Waals surface area contributed by atoms with E-state index < -0.39 is 12.1 Å². The van der Waals surface area contributed by atoms with Crippen molar-refractivity contribution < 1.29 is 33.4 Å². The van der Waals surface area contributed by atoms with Crippen LogP contribution in [-0.2, 0) is 33.4 Å². The first-order chi connectivity index (χ1) is 24.4. The number of Topliss-reactive ketones (excluding diaryl/α,β-unsaturated/α-hetero) is 1. The van der Waals surface area contributed by atoms with Crippen LogP contribution in [0.15, 0.2) is 0 Å². The third-order valence-corrected chi connectivity index (χ3v) is 12.4. The van der Waals surface area contributed by atoms with Crippen LogP contribution >= 0.6 is 0 Å². The van der Waals surface area contributed by atoms with Crippen LogP contribution in [0.5, 0.6) is 0 Å². The van der Waals surface area contributed by atoms with Gasteiger partial charge in [0.25, 0.3) is 0 Å². The van der Waals surface area contributed by atoms with E-state index in [9.17, 15) is 19.2 Å². The molecule has 50 heavy (non-hydrogen) atoms. The van der Waals surface area contributed by atoms with Crippen molar-refractivity contribution in [3.8, 4) is 0 Å². The summed E-state index contributed by atoms with van der Waals surface area (Å²) in [7, 11) is 0. The largest absolute Gasteiger partial charge is 0.465 e. The van der Waals surface area contributed by atoms with E-state index in [1.165, 1.54) is 38.5 Å². The molecule has 5 aliphatic rings. The molecule has 0 aromatic heterocycles. The summed E-state index contributed by atoms with van der Waals surface area (Å²) in [4.78, 5) is 52.6. The Morgan fingerprint density at radius 2 is 0.920 bits per heavy atom. The monoisotopic (exact) mass is 701 g/mol. The Morgan fingerprint density at radius 3 is 1.40 bits per heavy atom.